The standard InChI is InChI=1S/C23H24F2N4O6/c1-22(2,32)14-33-21-26-8-7-16(27-21)20(31)29-11-9-28(10-12-29)19(30)6-4-15-3-5-17-18(13-15)35-23(24,25)34-17/h3-8,13,32H,9-12,14H2,1-2H3/b6-4+. The van der Waals surface area contributed by atoms with E-state index in [1.807, 2.05) is 0 Å². The molecule has 3 heterocycles. The van der Waals surface area contributed by atoms with E-state index in [4.69, 9.17) is 4.74 Å². The predicted molar refractivity (Wildman–Crippen MR) is 118 cm³/mol. The second kappa shape index (κ2) is 9.45. The fraction of sp³-hybridized carbons (Fsp3) is 0.391. The van der Waals surface area contributed by atoms with Gasteiger partial charge in [-0.1, -0.05) is 6.07 Å². The third-order valence-corrected chi connectivity index (χ3v) is 5.13. The van der Waals surface area contributed by atoms with E-state index in [0.717, 1.165) is 0 Å². The number of halogens is 2. The lowest BCUT2D eigenvalue weighted by molar-refractivity contribution is -0.286. The van der Waals surface area contributed by atoms with Gasteiger partial charge in [-0.25, -0.2) is 4.98 Å². The zero-order valence-electron chi connectivity index (χ0n) is 19.1. The summed E-state index contributed by atoms with van der Waals surface area (Å²) in [5, 5.41) is 9.76. The van der Waals surface area contributed by atoms with Crippen LogP contribution in [0.3, 0.4) is 0 Å². The van der Waals surface area contributed by atoms with Crippen molar-refractivity contribution in [1.82, 2.24) is 19.8 Å². The van der Waals surface area contributed by atoms with Crippen molar-refractivity contribution in [2.24, 2.45) is 0 Å². The Kier molecular flexibility index (Phi) is 6.57. The Morgan fingerprint density at radius 1 is 1.14 bits per heavy atom. The number of benzene rings is 1. The molecule has 0 atom stereocenters. The first-order chi connectivity index (χ1) is 16.5. The number of nitrogens with zero attached hydrogens (tertiary/aromatic N) is 4. The molecule has 0 bridgehead atoms. The number of ether oxygens (including phenoxy) is 3. The Morgan fingerprint density at radius 3 is 2.54 bits per heavy atom. The molecule has 2 aromatic rings. The number of hydrogen-bond acceptors (Lipinski definition) is 8. The number of aromatic nitrogens is 2. The molecule has 0 aliphatic carbocycles. The van der Waals surface area contributed by atoms with Gasteiger partial charge < -0.3 is 29.1 Å². The SMILES string of the molecule is CC(C)(O)COc1nccc(C(=O)N2CCN(C(=O)/C=C/c3ccc4c(c3)OC(F)(F)O4)CC2)n1. The minimum atomic E-state index is -3.70. The third-order valence-electron chi connectivity index (χ3n) is 5.13. The van der Waals surface area contributed by atoms with Crippen LogP contribution in [-0.4, -0.2) is 81.4 Å². The van der Waals surface area contributed by atoms with Crippen LogP contribution in [0.25, 0.3) is 6.08 Å². The number of amides is 2. The molecule has 2 aliphatic rings. The van der Waals surface area contributed by atoms with Gasteiger partial charge in [0.25, 0.3) is 5.91 Å². The topological polar surface area (TPSA) is 114 Å². The average Bonchev–Trinajstić information content (AvgIpc) is 3.13. The number of fused-ring (bicyclic) bond motifs is 1. The van der Waals surface area contributed by atoms with Gasteiger partial charge >= 0.3 is 12.3 Å². The maximum atomic E-state index is 13.1. The highest BCUT2D eigenvalue weighted by atomic mass is 19.3. The normalized spacial score (nSPS) is 17.1. The molecule has 1 aromatic carbocycles. The zero-order valence-corrected chi connectivity index (χ0v) is 19.1. The first kappa shape index (κ1) is 24.3. The first-order valence-corrected chi connectivity index (χ1v) is 10.8. The number of alkyl halides is 2. The van der Waals surface area contributed by atoms with Crippen molar-refractivity contribution >= 4 is 17.9 Å². The monoisotopic (exact) mass is 490 g/mol. The summed E-state index contributed by atoms with van der Waals surface area (Å²) in [4.78, 5) is 36.6. The van der Waals surface area contributed by atoms with Crippen LogP contribution in [0, 0.1) is 0 Å². The number of hydrogen-bond donors (Lipinski definition) is 1. The summed E-state index contributed by atoms with van der Waals surface area (Å²) in [6, 6.07) is 5.70. The second-order valence-corrected chi connectivity index (χ2v) is 8.65. The van der Waals surface area contributed by atoms with Crippen LogP contribution >= 0.6 is 0 Å². The van der Waals surface area contributed by atoms with E-state index < -0.39 is 11.9 Å². The molecule has 0 radical (unpaired) electrons. The van der Waals surface area contributed by atoms with E-state index in [1.54, 1.807) is 23.6 Å². The lowest BCUT2D eigenvalue weighted by Gasteiger charge is -2.34. The van der Waals surface area contributed by atoms with Gasteiger partial charge in [-0.2, -0.15) is 4.98 Å². The summed E-state index contributed by atoms with van der Waals surface area (Å²) in [5.74, 6) is -0.765. The molecule has 0 spiro atoms. The molecule has 1 saturated heterocycles. The van der Waals surface area contributed by atoms with Gasteiger partial charge in [-0.3, -0.25) is 9.59 Å². The van der Waals surface area contributed by atoms with Gasteiger partial charge in [0.2, 0.25) is 5.91 Å². The van der Waals surface area contributed by atoms with Crippen molar-refractivity contribution in [1.29, 1.82) is 0 Å². The summed E-state index contributed by atoms with van der Waals surface area (Å²) < 4.78 is 40.4. The fourth-order valence-electron chi connectivity index (χ4n) is 3.40. The smallest absolute Gasteiger partial charge is 0.460 e. The van der Waals surface area contributed by atoms with Crippen LogP contribution in [-0.2, 0) is 4.79 Å². The van der Waals surface area contributed by atoms with Gasteiger partial charge in [-0.15, -0.1) is 8.78 Å². The summed E-state index contributed by atoms with van der Waals surface area (Å²) in [6.45, 7) is 4.37. The summed E-state index contributed by atoms with van der Waals surface area (Å²) in [5.41, 5.74) is -0.421. The largest absolute Gasteiger partial charge is 0.586 e. The van der Waals surface area contributed by atoms with E-state index in [2.05, 4.69) is 19.4 Å². The van der Waals surface area contributed by atoms with Crippen LogP contribution in [0.15, 0.2) is 36.5 Å². The molecule has 4 rings (SSSR count). The molecule has 1 fully saturated rings. The minimum absolute atomic E-state index is 0.0100. The highest BCUT2D eigenvalue weighted by Crippen LogP contribution is 2.41. The van der Waals surface area contributed by atoms with E-state index in [1.165, 1.54) is 42.6 Å². The van der Waals surface area contributed by atoms with Crippen LogP contribution in [0.5, 0.6) is 17.5 Å². The molecular formula is C23H24F2N4O6. The van der Waals surface area contributed by atoms with Crippen LogP contribution in [0.1, 0.15) is 29.9 Å². The molecule has 2 amide bonds. The van der Waals surface area contributed by atoms with Crippen molar-refractivity contribution in [2.75, 3.05) is 32.8 Å². The number of carbonyl (C=O) groups excluding carboxylic acids is 2. The second-order valence-electron chi connectivity index (χ2n) is 8.65. The van der Waals surface area contributed by atoms with Gasteiger partial charge in [0.1, 0.15) is 12.3 Å². The van der Waals surface area contributed by atoms with E-state index in [-0.39, 0.29) is 41.6 Å². The molecule has 10 nitrogen and oxygen atoms in total. The lowest BCUT2D eigenvalue weighted by atomic mass is 10.2. The van der Waals surface area contributed by atoms with Crippen molar-refractivity contribution in [3.63, 3.8) is 0 Å². The molecule has 12 heteroatoms. The lowest BCUT2D eigenvalue weighted by Crippen LogP contribution is -2.50. The molecule has 0 unspecified atom stereocenters. The van der Waals surface area contributed by atoms with Crippen molar-refractivity contribution in [3.05, 3.63) is 47.8 Å². The quantitative estimate of drug-likeness (QED) is 0.612. The highest BCUT2D eigenvalue weighted by molar-refractivity contribution is 5.94. The number of carbonyl (C=O) groups is 2. The maximum Gasteiger partial charge on any atom is 0.586 e. The summed E-state index contributed by atoms with van der Waals surface area (Å²) >= 11 is 0. The van der Waals surface area contributed by atoms with Gasteiger partial charge in [0.15, 0.2) is 11.5 Å². The minimum Gasteiger partial charge on any atom is -0.460 e. The van der Waals surface area contributed by atoms with Crippen molar-refractivity contribution in [3.8, 4) is 17.5 Å². The third kappa shape index (κ3) is 6.21. The van der Waals surface area contributed by atoms with E-state index >= 15 is 0 Å². The fourth-order valence-corrected chi connectivity index (χ4v) is 3.40. The number of piperazine rings is 1. The Bertz CT molecular complexity index is 1140. The number of rotatable bonds is 6. The average molecular weight is 490 g/mol. The molecule has 1 N–H and O–H groups in total. The van der Waals surface area contributed by atoms with Crippen molar-refractivity contribution < 1.29 is 37.7 Å². The Morgan fingerprint density at radius 2 is 1.83 bits per heavy atom. The van der Waals surface area contributed by atoms with Gasteiger partial charge in [-0.05, 0) is 43.7 Å². The Hall–Kier alpha value is -3.80. The molecule has 1 aromatic heterocycles. The molecular weight excluding hydrogens is 466 g/mol. The zero-order chi connectivity index (χ0) is 25.2. The summed E-state index contributed by atoms with van der Waals surface area (Å²) in [7, 11) is 0. The maximum absolute atomic E-state index is 13.1. The highest BCUT2D eigenvalue weighted by Gasteiger charge is 2.43. The molecule has 2 aliphatic heterocycles. The predicted octanol–water partition coefficient (Wildman–Crippen LogP) is 1.95. The van der Waals surface area contributed by atoms with Gasteiger partial charge in [0.05, 0.1) is 5.60 Å². The Labute approximate surface area is 199 Å². The van der Waals surface area contributed by atoms with Crippen molar-refractivity contribution in [2.45, 2.75) is 25.7 Å². The van der Waals surface area contributed by atoms with E-state index in [0.29, 0.717) is 31.7 Å². The molecule has 35 heavy (non-hydrogen) atoms. The van der Waals surface area contributed by atoms with Gasteiger partial charge in [0, 0.05) is 38.5 Å². The first-order valence-electron chi connectivity index (χ1n) is 10.8. The van der Waals surface area contributed by atoms with E-state index in [9.17, 15) is 23.5 Å². The Balaban J connectivity index is 1.30. The molecule has 186 valence electrons. The molecule has 0 saturated carbocycles. The van der Waals surface area contributed by atoms with Crippen LogP contribution < -0.4 is 14.2 Å². The summed E-state index contributed by atoms with van der Waals surface area (Å²) in [6.07, 6.45) is 0.538. The van der Waals surface area contributed by atoms with Crippen LogP contribution in [0.4, 0.5) is 8.78 Å². The van der Waals surface area contributed by atoms with Crippen LogP contribution in [0.2, 0.25) is 0 Å². The number of aliphatic hydroxyl groups is 1.